The maximum atomic E-state index is 13.7. The first-order valence-electron chi connectivity index (χ1n) is 6.98. The molecule has 2 unspecified atom stereocenters. The predicted molar refractivity (Wildman–Crippen MR) is 81.2 cm³/mol. The van der Waals surface area contributed by atoms with Gasteiger partial charge in [-0.15, -0.1) is 11.8 Å². The van der Waals surface area contributed by atoms with Gasteiger partial charge in [-0.25, -0.2) is 4.39 Å². The number of carbonyl (C=O) groups is 1. The van der Waals surface area contributed by atoms with Crippen LogP contribution in [0.25, 0.3) is 0 Å². The third kappa shape index (κ3) is 3.45. The predicted octanol–water partition coefficient (Wildman–Crippen LogP) is 3.29. The second-order valence-electron chi connectivity index (χ2n) is 5.41. The number of nitrogens with zero attached hydrogens (tertiary/aromatic N) is 1. The summed E-state index contributed by atoms with van der Waals surface area (Å²) in [6.07, 6.45) is 3.28. The van der Waals surface area contributed by atoms with Crippen molar-refractivity contribution in [3.8, 4) is 0 Å². The van der Waals surface area contributed by atoms with Crippen LogP contribution in [-0.2, 0) is 4.79 Å². The van der Waals surface area contributed by atoms with Crippen molar-refractivity contribution in [2.24, 2.45) is 0 Å². The average Bonchev–Trinajstić information content (AvgIpc) is 2.37. The molecule has 1 amide bonds. The van der Waals surface area contributed by atoms with Crippen LogP contribution in [0.2, 0.25) is 0 Å². The SMILES string of the molecule is CC1CCCC(C)N1C(=O)CSc1ccc(N)cc1F. The summed E-state index contributed by atoms with van der Waals surface area (Å²) in [6, 6.07) is 5.14. The Kier molecular flexibility index (Phi) is 4.91. The Morgan fingerprint density at radius 2 is 2.05 bits per heavy atom. The summed E-state index contributed by atoms with van der Waals surface area (Å²) >= 11 is 1.24. The number of rotatable bonds is 3. The Morgan fingerprint density at radius 3 is 2.65 bits per heavy atom. The van der Waals surface area contributed by atoms with Gasteiger partial charge in [-0.05, 0) is 51.3 Å². The molecular weight excluding hydrogens is 275 g/mol. The average molecular weight is 296 g/mol. The summed E-state index contributed by atoms with van der Waals surface area (Å²) in [5.74, 6) is 0.00339. The Hall–Kier alpha value is -1.23. The van der Waals surface area contributed by atoms with Crippen molar-refractivity contribution in [1.29, 1.82) is 0 Å². The van der Waals surface area contributed by atoms with Gasteiger partial charge in [0.2, 0.25) is 5.91 Å². The van der Waals surface area contributed by atoms with Crippen LogP contribution in [0.3, 0.4) is 0 Å². The lowest BCUT2D eigenvalue weighted by Gasteiger charge is -2.39. The molecule has 2 rings (SSSR count). The number of anilines is 1. The molecule has 0 saturated carbocycles. The number of benzene rings is 1. The molecule has 20 heavy (non-hydrogen) atoms. The number of nitrogen functional groups attached to an aromatic ring is 1. The van der Waals surface area contributed by atoms with Crippen molar-refractivity contribution in [3.63, 3.8) is 0 Å². The summed E-state index contributed by atoms with van der Waals surface area (Å²) in [4.78, 5) is 14.8. The molecule has 0 spiro atoms. The van der Waals surface area contributed by atoms with Crippen molar-refractivity contribution in [2.75, 3.05) is 11.5 Å². The second kappa shape index (κ2) is 6.48. The summed E-state index contributed by atoms with van der Waals surface area (Å²) in [7, 11) is 0. The van der Waals surface area contributed by atoms with E-state index in [1.807, 2.05) is 4.90 Å². The molecule has 2 atom stereocenters. The molecular formula is C15H21FN2OS. The van der Waals surface area contributed by atoms with Crippen LogP contribution in [0.15, 0.2) is 23.1 Å². The Morgan fingerprint density at radius 1 is 1.40 bits per heavy atom. The first-order valence-corrected chi connectivity index (χ1v) is 7.96. The van der Waals surface area contributed by atoms with Crippen molar-refractivity contribution >= 4 is 23.4 Å². The molecule has 0 radical (unpaired) electrons. The van der Waals surface area contributed by atoms with Crippen molar-refractivity contribution < 1.29 is 9.18 Å². The number of thioether (sulfide) groups is 1. The molecule has 1 fully saturated rings. The zero-order valence-electron chi connectivity index (χ0n) is 11.9. The molecule has 5 heteroatoms. The second-order valence-corrected chi connectivity index (χ2v) is 6.43. The number of likely N-dealkylation sites (tertiary alicyclic amines) is 1. The molecule has 0 aromatic heterocycles. The molecule has 1 heterocycles. The van der Waals surface area contributed by atoms with Crippen molar-refractivity contribution in [3.05, 3.63) is 24.0 Å². The number of carbonyl (C=O) groups excluding carboxylic acids is 1. The minimum atomic E-state index is -0.359. The number of amides is 1. The summed E-state index contributed by atoms with van der Waals surface area (Å²) in [5, 5.41) is 0. The maximum absolute atomic E-state index is 13.7. The van der Waals surface area contributed by atoms with Crippen LogP contribution in [-0.4, -0.2) is 28.6 Å². The van der Waals surface area contributed by atoms with Gasteiger partial charge < -0.3 is 10.6 Å². The Labute approximate surface area is 123 Å². The van der Waals surface area contributed by atoms with Crippen LogP contribution < -0.4 is 5.73 Å². The molecule has 1 aliphatic heterocycles. The fraction of sp³-hybridized carbons (Fsp3) is 0.533. The van der Waals surface area contributed by atoms with Crippen molar-refractivity contribution in [1.82, 2.24) is 4.90 Å². The lowest BCUT2D eigenvalue weighted by Crippen LogP contribution is -2.48. The van der Waals surface area contributed by atoms with E-state index in [1.54, 1.807) is 12.1 Å². The molecule has 0 bridgehead atoms. The van der Waals surface area contributed by atoms with E-state index in [4.69, 9.17) is 5.73 Å². The zero-order chi connectivity index (χ0) is 14.7. The highest BCUT2D eigenvalue weighted by Crippen LogP contribution is 2.27. The molecule has 1 aliphatic rings. The van der Waals surface area contributed by atoms with E-state index >= 15 is 0 Å². The molecule has 1 aromatic carbocycles. The van der Waals surface area contributed by atoms with Crippen LogP contribution in [0, 0.1) is 5.82 Å². The van der Waals surface area contributed by atoms with E-state index in [-0.39, 0.29) is 29.6 Å². The standard InChI is InChI=1S/C15H21FN2OS/c1-10-4-3-5-11(2)18(10)15(19)9-20-14-7-6-12(17)8-13(14)16/h6-8,10-11H,3-5,9,17H2,1-2H3. The lowest BCUT2D eigenvalue weighted by molar-refractivity contribution is -0.134. The fourth-order valence-corrected chi connectivity index (χ4v) is 3.55. The van der Waals surface area contributed by atoms with Gasteiger partial charge in [0.15, 0.2) is 0 Å². The molecule has 0 aliphatic carbocycles. The van der Waals surface area contributed by atoms with E-state index in [2.05, 4.69) is 13.8 Å². The topological polar surface area (TPSA) is 46.3 Å². The fourth-order valence-electron chi connectivity index (χ4n) is 2.76. The lowest BCUT2D eigenvalue weighted by atomic mass is 9.98. The molecule has 3 nitrogen and oxygen atoms in total. The molecule has 1 aromatic rings. The summed E-state index contributed by atoms with van der Waals surface area (Å²) in [5.41, 5.74) is 5.91. The van der Waals surface area contributed by atoms with Gasteiger partial charge in [-0.2, -0.15) is 0 Å². The normalized spacial score (nSPS) is 22.9. The van der Waals surface area contributed by atoms with Crippen LogP contribution in [0.4, 0.5) is 10.1 Å². The van der Waals surface area contributed by atoms with E-state index < -0.39 is 0 Å². The quantitative estimate of drug-likeness (QED) is 0.687. The zero-order valence-corrected chi connectivity index (χ0v) is 12.8. The summed E-state index contributed by atoms with van der Waals surface area (Å²) < 4.78 is 13.7. The van der Waals surface area contributed by atoms with E-state index in [0.29, 0.717) is 10.6 Å². The highest BCUT2D eigenvalue weighted by molar-refractivity contribution is 8.00. The van der Waals surface area contributed by atoms with E-state index in [9.17, 15) is 9.18 Å². The van der Waals surface area contributed by atoms with Gasteiger partial charge in [0.1, 0.15) is 5.82 Å². The third-order valence-corrected chi connectivity index (χ3v) is 4.82. The monoisotopic (exact) mass is 296 g/mol. The molecule has 110 valence electrons. The summed E-state index contributed by atoms with van der Waals surface area (Å²) in [6.45, 7) is 4.17. The van der Waals surface area contributed by atoms with Crippen molar-refractivity contribution in [2.45, 2.75) is 50.1 Å². The minimum Gasteiger partial charge on any atom is -0.399 e. The number of nitrogens with two attached hydrogens (primary N) is 1. The first kappa shape index (κ1) is 15.2. The first-order chi connectivity index (χ1) is 9.49. The largest absolute Gasteiger partial charge is 0.399 e. The van der Waals surface area contributed by atoms with E-state index in [1.165, 1.54) is 24.2 Å². The van der Waals surface area contributed by atoms with Crippen LogP contribution in [0.5, 0.6) is 0 Å². The molecule has 1 saturated heterocycles. The smallest absolute Gasteiger partial charge is 0.233 e. The van der Waals surface area contributed by atoms with Gasteiger partial charge in [0, 0.05) is 22.7 Å². The van der Waals surface area contributed by atoms with Gasteiger partial charge in [0.05, 0.1) is 5.75 Å². The maximum Gasteiger partial charge on any atom is 0.233 e. The number of hydrogen-bond acceptors (Lipinski definition) is 3. The number of halogens is 1. The Balaban J connectivity index is 1.97. The van der Waals surface area contributed by atoms with Gasteiger partial charge in [-0.1, -0.05) is 0 Å². The van der Waals surface area contributed by atoms with Gasteiger partial charge >= 0.3 is 0 Å². The van der Waals surface area contributed by atoms with Crippen LogP contribution >= 0.6 is 11.8 Å². The number of hydrogen-bond donors (Lipinski definition) is 1. The Bertz CT molecular complexity index is 485. The highest BCUT2D eigenvalue weighted by Gasteiger charge is 2.28. The minimum absolute atomic E-state index is 0.0888. The highest BCUT2D eigenvalue weighted by atomic mass is 32.2. The number of piperidine rings is 1. The van der Waals surface area contributed by atoms with Gasteiger partial charge in [0.25, 0.3) is 0 Å². The third-order valence-electron chi connectivity index (χ3n) is 3.79. The van der Waals surface area contributed by atoms with E-state index in [0.717, 1.165) is 12.8 Å². The van der Waals surface area contributed by atoms with Crippen LogP contribution in [0.1, 0.15) is 33.1 Å². The van der Waals surface area contributed by atoms with Gasteiger partial charge in [-0.3, -0.25) is 4.79 Å². The molecule has 2 N–H and O–H groups in total.